The number of likely N-dealkylation sites (N-methyl/N-ethyl adjacent to an activating group) is 1. The number of carbonyl (C=O) groups is 1. The number of ether oxygens (including phenoxy) is 1. The number of hydrogen-bond donors (Lipinski definition) is 1. The van der Waals surface area contributed by atoms with E-state index in [1.165, 1.54) is 30.2 Å². The predicted molar refractivity (Wildman–Crippen MR) is 70.3 cm³/mol. The van der Waals surface area contributed by atoms with Crippen LogP contribution in [0.2, 0.25) is 0 Å². The van der Waals surface area contributed by atoms with Crippen LogP contribution in [0.15, 0.2) is 18.2 Å². The molecular formula is C12H17N3O4. The molecule has 1 aromatic rings. The lowest BCUT2D eigenvalue weighted by atomic mass is 10.1. The number of carbonyl (C=O) groups excluding carboxylic acids is 1. The average molecular weight is 267 g/mol. The minimum absolute atomic E-state index is 0.121. The van der Waals surface area contributed by atoms with Gasteiger partial charge in [-0.2, -0.15) is 0 Å². The van der Waals surface area contributed by atoms with Gasteiger partial charge in [-0.15, -0.1) is 0 Å². The number of nitrogens with zero attached hydrogens (tertiary/aromatic N) is 2. The number of methoxy groups -OCH3 is 1. The van der Waals surface area contributed by atoms with E-state index in [0.29, 0.717) is 6.54 Å². The summed E-state index contributed by atoms with van der Waals surface area (Å²) in [5, 5.41) is 10.9. The number of rotatable bonds is 5. The topological polar surface area (TPSA) is 98.7 Å². The van der Waals surface area contributed by atoms with E-state index >= 15 is 0 Å². The summed E-state index contributed by atoms with van der Waals surface area (Å²) in [4.78, 5) is 23.9. The van der Waals surface area contributed by atoms with Crippen LogP contribution in [0.3, 0.4) is 0 Å². The van der Waals surface area contributed by atoms with Gasteiger partial charge in [0.25, 0.3) is 5.91 Å². The average Bonchev–Trinajstić information content (AvgIpc) is 2.43. The number of amides is 1. The Balaban J connectivity index is 3.12. The van der Waals surface area contributed by atoms with Crippen molar-refractivity contribution in [3.8, 4) is 5.75 Å². The van der Waals surface area contributed by atoms with Crippen molar-refractivity contribution < 1.29 is 14.5 Å². The summed E-state index contributed by atoms with van der Waals surface area (Å²) in [5.74, 6) is -0.195. The van der Waals surface area contributed by atoms with E-state index in [0.717, 1.165) is 0 Å². The molecule has 0 radical (unpaired) electrons. The zero-order valence-electron chi connectivity index (χ0n) is 11.1. The van der Waals surface area contributed by atoms with Crippen LogP contribution in [0.5, 0.6) is 5.75 Å². The van der Waals surface area contributed by atoms with E-state index in [4.69, 9.17) is 10.5 Å². The second-order valence-corrected chi connectivity index (χ2v) is 4.14. The van der Waals surface area contributed by atoms with Gasteiger partial charge in [0, 0.05) is 31.3 Å². The van der Waals surface area contributed by atoms with Gasteiger partial charge in [0.2, 0.25) is 0 Å². The lowest BCUT2D eigenvalue weighted by molar-refractivity contribution is -0.385. The smallest absolute Gasteiger partial charge is 0.311 e. The Kier molecular flexibility index (Phi) is 4.82. The van der Waals surface area contributed by atoms with E-state index in [2.05, 4.69) is 0 Å². The first-order chi connectivity index (χ1) is 8.92. The first-order valence-corrected chi connectivity index (χ1v) is 5.72. The molecule has 2 N–H and O–H groups in total. The van der Waals surface area contributed by atoms with Crippen LogP contribution >= 0.6 is 0 Å². The van der Waals surface area contributed by atoms with Gasteiger partial charge in [-0.1, -0.05) is 0 Å². The Labute approximate surface area is 111 Å². The first kappa shape index (κ1) is 14.9. The molecule has 1 aromatic carbocycles. The van der Waals surface area contributed by atoms with Crippen LogP contribution in [-0.4, -0.2) is 42.5 Å². The molecule has 0 aliphatic carbocycles. The van der Waals surface area contributed by atoms with Gasteiger partial charge >= 0.3 is 5.69 Å². The van der Waals surface area contributed by atoms with Crippen molar-refractivity contribution in [1.29, 1.82) is 0 Å². The molecular weight excluding hydrogens is 250 g/mol. The third-order valence-corrected chi connectivity index (χ3v) is 2.95. The van der Waals surface area contributed by atoms with Gasteiger partial charge in [0.1, 0.15) is 0 Å². The Morgan fingerprint density at radius 2 is 2.21 bits per heavy atom. The molecule has 19 heavy (non-hydrogen) atoms. The maximum absolute atomic E-state index is 12.1. The fourth-order valence-corrected chi connectivity index (χ4v) is 1.53. The summed E-state index contributed by atoms with van der Waals surface area (Å²) in [7, 11) is 2.95. The molecule has 0 aliphatic heterocycles. The van der Waals surface area contributed by atoms with Crippen LogP contribution in [0.1, 0.15) is 17.3 Å². The standard InChI is InChI=1S/C12H17N3O4/c1-8(7-13)14(2)12(16)9-4-5-11(19-3)10(6-9)15(17)18/h4-6,8H,7,13H2,1-3H3. The van der Waals surface area contributed by atoms with Gasteiger partial charge in [0.15, 0.2) is 5.75 Å². The number of nitro groups is 1. The molecule has 0 fully saturated rings. The van der Waals surface area contributed by atoms with E-state index in [1.54, 1.807) is 14.0 Å². The summed E-state index contributed by atoms with van der Waals surface area (Å²) in [6.45, 7) is 2.12. The zero-order valence-corrected chi connectivity index (χ0v) is 11.1. The highest BCUT2D eigenvalue weighted by molar-refractivity contribution is 5.95. The molecule has 0 heterocycles. The number of benzene rings is 1. The molecule has 0 spiro atoms. The van der Waals surface area contributed by atoms with Crippen molar-refractivity contribution >= 4 is 11.6 Å². The lowest BCUT2D eigenvalue weighted by Gasteiger charge is -2.23. The lowest BCUT2D eigenvalue weighted by Crippen LogP contribution is -2.39. The normalized spacial score (nSPS) is 11.8. The second kappa shape index (κ2) is 6.14. The van der Waals surface area contributed by atoms with Crippen molar-refractivity contribution in [2.45, 2.75) is 13.0 Å². The summed E-state index contributed by atoms with van der Waals surface area (Å²) in [5.41, 5.74) is 5.49. The van der Waals surface area contributed by atoms with Gasteiger partial charge < -0.3 is 15.4 Å². The maximum Gasteiger partial charge on any atom is 0.311 e. The first-order valence-electron chi connectivity index (χ1n) is 5.72. The summed E-state index contributed by atoms with van der Waals surface area (Å²) < 4.78 is 4.88. The fraction of sp³-hybridized carbons (Fsp3) is 0.417. The SMILES string of the molecule is COc1ccc(C(=O)N(C)C(C)CN)cc1[N+](=O)[O-]. The van der Waals surface area contributed by atoms with E-state index in [1.807, 2.05) is 0 Å². The van der Waals surface area contributed by atoms with Gasteiger partial charge in [0.05, 0.1) is 12.0 Å². The van der Waals surface area contributed by atoms with Crippen molar-refractivity contribution in [3.63, 3.8) is 0 Å². The Morgan fingerprint density at radius 3 is 2.68 bits per heavy atom. The molecule has 0 saturated heterocycles. The molecule has 7 heteroatoms. The van der Waals surface area contributed by atoms with Crippen molar-refractivity contribution in [3.05, 3.63) is 33.9 Å². The highest BCUT2D eigenvalue weighted by Crippen LogP contribution is 2.28. The Bertz CT molecular complexity index is 490. The van der Waals surface area contributed by atoms with Gasteiger partial charge in [-0.05, 0) is 19.1 Å². The minimum Gasteiger partial charge on any atom is -0.490 e. The Morgan fingerprint density at radius 1 is 1.58 bits per heavy atom. The number of nitrogens with two attached hydrogens (primary N) is 1. The predicted octanol–water partition coefficient (Wildman–Crippen LogP) is 1.02. The molecule has 0 aromatic heterocycles. The molecule has 7 nitrogen and oxygen atoms in total. The minimum atomic E-state index is -0.581. The molecule has 1 unspecified atom stereocenters. The summed E-state index contributed by atoms with van der Waals surface area (Å²) in [6.07, 6.45) is 0. The monoisotopic (exact) mass is 267 g/mol. The third kappa shape index (κ3) is 3.19. The summed E-state index contributed by atoms with van der Waals surface area (Å²) >= 11 is 0. The Hall–Kier alpha value is -2.15. The molecule has 0 aliphatic rings. The fourth-order valence-electron chi connectivity index (χ4n) is 1.53. The van der Waals surface area contributed by atoms with E-state index in [-0.39, 0.29) is 28.9 Å². The quantitative estimate of drug-likeness (QED) is 0.634. The van der Waals surface area contributed by atoms with Crippen molar-refractivity contribution in [2.24, 2.45) is 5.73 Å². The number of nitro benzene ring substituents is 1. The van der Waals surface area contributed by atoms with Gasteiger partial charge in [-0.3, -0.25) is 14.9 Å². The molecule has 0 bridgehead atoms. The second-order valence-electron chi connectivity index (χ2n) is 4.14. The van der Waals surface area contributed by atoms with Crippen LogP contribution in [0, 0.1) is 10.1 Å². The molecule has 104 valence electrons. The van der Waals surface area contributed by atoms with Crippen molar-refractivity contribution in [2.75, 3.05) is 20.7 Å². The van der Waals surface area contributed by atoms with E-state index < -0.39 is 4.92 Å². The summed E-state index contributed by atoms with van der Waals surface area (Å²) in [6, 6.07) is 3.97. The largest absolute Gasteiger partial charge is 0.490 e. The maximum atomic E-state index is 12.1. The van der Waals surface area contributed by atoms with Crippen LogP contribution in [-0.2, 0) is 0 Å². The third-order valence-electron chi connectivity index (χ3n) is 2.95. The van der Waals surface area contributed by atoms with E-state index in [9.17, 15) is 14.9 Å². The van der Waals surface area contributed by atoms with Gasteiger partial charge in [-0.25, -0.2) is 0 Å². The number of hydrogen-bond acceptors (Lipinski definition) is 5. The van der Waals surface area contributed by atoms with Crippen LogP contribution in [0.4, 0.5) is 5.69 Å². The highest BCUT2D eigenvalue weighted by Gasteiger charge is 2.21. The molecule has 0 saturated carbocycles. The van der Waals surface area contributed by atoms with Crippen LogP contribution in [0.25, 0.3) is 0 Å². The highest BCUT2D eigenvalue weighted by atomic mass is 16.6. The zero-order chi connectivity index (χ0) is 14.6. The van der Waals surface area contributed by atoms with Crippen LogP contribution < -0.4 is 10.5 Å². The van der Waals surface area contributed by atoms with Crippen molar-refractivity contribution in [1.82, 2.24) is 4.90 Å². The molecule has 1 atom stereocenters. The molecule has 1 amide bonds. The molecule has 1 rings (SSSR count).